The molecule has 0 atom stereocenters. The molecule has 0 unspecified atom stereocenters. The second-order valence-electron chi connectivity index (χ2n) is 13.3. The number of carboxylic acids is 2. The second kappa shape index (κ2) is 22.4. The number of aromatic nitrogens is 1. The normalized spacial score (nSPS) is 10.4. The quantitative estimate of drug-likeness (QED) is 0.106. The average molecular weight is 781 g/mol. The van der Waals surface area contributed by atoms with Crippen molar-refractivity contribution in [1.82, 2.24) is 15.6 Å². The molecule has 0 aliphatic carbocycles. The summed E-state index contributed by atoms with van der Waals surface area (Å²) in [7, 11) is 0. The van der Waals surface area contributed by atoms with Gasteiger partial charge in [0.2, 0.25) is 0 Å². The summed E-state index contributed by atoms with van der Waals surface area (Å²) in [6.45, 7) is 11.9. The first kappa shape index (κ1) is 46.3. The fourth-order valence-corrected chi connectivity index (χ4v) is 3.94. The summed E-state index contributed by atoms with van der Waals surface area (Å²) >= 11 is 0. The van der Waals surface area contributed by atoms with Crippen LogP contribution in [-0.2, 0) is 47.7 Å². The molecule has 1 aromatic heterocycles. The van der Waals surface area contributed by atoms with Crippen LogP contribution in [0.5, 0.6) is 0 Å². The number of nitrogens with zero attached hydrogens (tertiary/aromatic N) is 1. The number of nitrogens with one attached hydrogen (secondary N) is 3. The smallest absolute Gasteiger partial charge is 0.407 e. The van der Waals surface area contributed by atoms with E-state index in [1.807, 2.05) is 20.8 Å². The van der Waals surface area contributed by atoms with Crippen LogP contribution >= 0.6 is 0 Å². The first-order valence-corrected chi connectivity index (χ1v) is 16.4. The Morgan fingerprint density at radius 1 is 0.593 bits per heavy atom. The summed E-state index contributed by atoms with van der Waals surface area (Å²) in [5.41, 5.74) is 8.63. The summed E-state index contributed by atoms with van der Waals surface area (Å²) in [4.78, 5) is 60.0. The molecule has 1 heterocycles. The van der Waals surface area contributed by atoms with E-state index in [1.165, 1.54) is 12.1 Å². The van der Waals surface area contributed by atoms with E-state index in [-0.39, 0.29) is 30.0 Å². The van der Waals surface area contributed by atoms with Crippen LogP contribution in [0.1, 0.15) is 89.3 Å². The number of carbonyl (C=O) groups is 5. The van der Waals surface area contributed by atoms with Crippen LogP contribution in [0.4, 0.5) is 15.3 Å². The standard InChI is InChI=1S/C18H21N3O3.C13H17NO4.C8H9NO2.V/c1-18(2,3)24-17(23)20-12-13-4-6-14(7-5-13)16(22)21-15-8-10-19-11-9-15;1-13(2,3)18-12(17)14-8-9-4-6-10(7-5-9)11(15)16;9-5-6-1-3-7(4-2-6)8(10)11;/h4-11H,12H2,1-3H3,(H,20,23)(H,19,21,22);4-7H,8H2,1-3H3,(H,14,17)(H,15,16);1-4H,5,9H2,(H,10,11);. The zero-order valence-electron chi connectivity index (χ0n) is 31.1. The van der Waals surface area contributed by atoms with Crippen LogP contribution in [0.2, 0.25) is 0 Å². The van der Waals surface area contributed by atoms with Gasteiger partial charge >= 0.3 is 24.1 Å². The van der Waals surface area contributed by atoms with Gasteiger partial charge in [0.05, 0.1) is 11.1 Å². The Morgan fingerprint density at radius 3 is 1.28 bits per heavy atom. The van der Waals surface area contributed by atoms with Gasteiger partial charge in [0.15, 0.2) is 0 Å². The van der Waals surface area contributed by atoms with Crippen LogP contribution in [0.25, 0.3) is 0 Å². The van der Waals surface area contributed by atoms with Crippen LogP contribution in [-0.4, -0.2) is 56.4 Å². The molecule has 287 valence electrons. The van der Waals surface area contributed by atoms with Crippen LogP contribution in [0, 0.1) is 0 Å². The van der Waals surface area contributed by atoms with Gasteiger partial charge in [-0.15, -0.1) is 0 Å². The zero-order valence-corrected chi connectivity index (χ0v) is 32.5. The monoisotopic (exact) mass is 780 g/mol. The molecule has 4 aromatic rings. The van der Waals surface area contributed by atoms with E-state index >= 15 is 0 Å². The largest absolute Gasteiger partial charge is 0.478 e. The third kappa shape index (κ3) is 19.2. The molecule has 54 heavy (non-hydrogen) atoms. The topological polar surface area (TPSA) is 219 Å². The Hall–Kier alpha value is -5.70. The Labute approximate surface area is 326 Å². The first-order valence-electron chi connectivity index (χ1n) is 16.4. The maximum atomic E-state index is 12.1. The van der Waals surface area contributed by atoms with Gasteiger partial charge in [0.1, 0.15) is 11.2 Å². The van der Waals surface area contributed by atoms with E-state index in [9.17, 15) is 24.0 Å². The van der Waals surface area contributed by atoms with Crippen molar-refractivity contribution < 1.29 is 62.2 Å². The number of nitrogens with two attached hydrogens (primary N) is 1. The Morgan fingerprint density at radius 2 is 0.944 bits per heavy atom. The Bertz CT molecular complexity index is 1790. The third-order valence-electron chi connectivity index (χ3n) is 6.46. The molecular formula is C39H47N5O9V. The number of anilines is 1. The Balaban J connectivity index is 0.000000429. The first-order chi connectivity index (χ1) is 24.8. The van der Waals surface area contributed by atoms with E-state index in [0.29, 0.717) is 36.4 Å². The fourth-order valence-electron chi connectivity index (χ4n) is 3.94. The van der Waals surface area contributed by atoms with Gasteiger partial charge in [-0.1, -0.05) is 36.4 Å². The molecule has 7 N–H and O–H groups in total. The second-order valence-corrected chi connectivity index (χ2v) is 13.3. The molecule has 0 bridgehead atoms. The summed E-state index contributed by atoms with van der Waals surface area (Å²) in [6, 6.07) is 23.3. The molecule has 4 rings (SSSR count). The number of carboxylic acid groups (broad SMARTS) is 2. The number of pyridine rings is 1. The van der Waals surface area contributed by atoms with Crippen molar-refractivity contribution in [3.63, 3.8) is 0 Å². The minimum Gasteiger partial charge on any atom is -0.478 e. The molecule has 0 spiro atoms. The van der Waals surface area contributed by atoms with E-state index in [0.717, 1.165) is 16.7 Å². The number of aromatic carboxylic acids is 2. The molecule has 3 amide bonds. The average Bonchev–Trinajstić information content (AvgIpc) is 3.10. The minimum absolute atomic E-state index is 0. The fraction of sp³-hybridized carbons (Fsp3) is 0.282. The maximum Gasteiger partial charge on any atom is 0.407 e. The molecule has 0 fully saturated rings. The number of rotatable bonds is 9. The number of hydrogen-bond donors (Lipinski definition) is 6. The van der Waals surface area contributed by atoms with Crippen LogP contribution in [0.3, 0.4) is 0 Å². The minimum atomic E-state index is -0.971. The van der Waals surface area contributed by atoms with Gasteiger partial charge in [-0.05, 0) is 107 Å². The summed E-state index contributed by atoms with van der Waals surface area (Å²) in [6.07, 6.45) is 2.26. The SMILES string of the molecule is CC(C)(C)OC(=O)NCc1ccc(C(=O)Nc2ccncc2)cc1.CC(C)(C)OC(=O)NCc1ccc(C(=O)O)cc1.NCc1ccc(C(=O)O)cc1.[V]. The number of carbonyl (C=O) groups excluding carboxylic acids is 3. The van der Waals surface area contributed by atoms with Gasteiger partial charge in [-0.2, -0.15) is 0 Å². The molecule has 0 saturated heterocycles. The van der Waals surface area contributed by atoms with E-state index < -0.39 is 35.3 Å². The molecular weight excluding hydrogens is 733 g/mol. The molecule has 0 saturated carbocycles. The van der Waals surface area contributed by atoms with Gasteiger partial charge in [-0.3, -0.25) is 9.78 Å². The number of benzene rings is 3. The summed E-state index contributed by atoms with van der Waals surface area (Å²) in [5, 5.41) is 25.3. The predicted molar refractivity (Wildman–Crippen MR) is 199 cm³/mol. The number of ether oxygens (including phenoxy) is 2. The van der Waals surface area contributed by atoms with Crippen molar-refractivity contribution in [2.24, 2.45) is 5.73 Å². The summed E-state index contributed by atoms with van der Waals surface area (Å²) in [5.74, 6) is -2.08. The molecule has 1 radical (unpaired) electrons. The van der Waals surface area contributed by atoms with E-state index in [1.54, 1.807) is 106 Å². The van der Waals surface area contributed by atoms with Crippen molar-refractivity contribution in [3.05, 3.63) is 131 Å². The maximum absolute atomic E-state index is 12.1. The van der Waals surface area contributed by atoms with Crippen molar-refractivity contribution in [2.45, 2.75) is 72.4 Å². The van der Waals surface area contributed by atoms with Crippen molar-refractivity contribution in [3.8, 4) is 0 Å². The predicted octanol–water partition coefficient (Wildman–Crippen LogP) is 6.61. The van der Waals surface area contributed by atoms with Gasteiger partial charge in [0, 0.05) is 61.8 Å². The summed E-state index contributed by atoms with van der Waals surface area (Å²) < 4.78 is 10.2. The molecule has 3 aromatic carbocycles. The van der Waals surface area contributed by atoms with Crippen molar-refractivity contribution in [1.29, 1.82) is 0 Å². The Kier molecular flexibility index (Phi) is 19.2. The van der Waals surface area contributed by atoms with Crippen molar-refractivity contribution in [2.75, 3.05) is 5.32 Å². The van der Waals surface area contributed by atoms with Crippen LogP contribution < -0.4 is 21.7 Å². The van der Waals surface area contributed by atoms with E-state index in [2.05, 4.69) is 20.9 Å². The van der Waals surface area contributed by atoms with Gasteiger partial charge < -0.3 is 41.4 Å². The number of hydrogen-bond acceptors (Lipinski definition) is 9. The zero-order chi connectivity index (χ0) is 39.6. The molecule has 15 heteroatoms. The van der Waals surface area contributed by atoms with Gasteiger partial charge in [0.25, 0.3) is 5.91 Å². The molecule has 0 aliphatic heterocycles. The molecule has 0 aliphatic rings. The van der Waals surface area contributed by atoms with Gasteiger partial charge in [-0.25, -0.2) is 19.2 Å². The van der Waals surface area contributed by atoms with Crippen molar-refractivity contribution >= 4 is 35.7 Å². The molecule has 14 nitrogen and oxygen atoms in total. The van der Waals surface area contributed by atoms with Crippen LogP contribution in [0.15, 0.2) is 97.3 Å². The number of alkyl carbamates (subject to hydrolysis) is 2. The van der Waals surface area contributed by atoms with E-state index in [4.69, 9.17) is 25.4 Å². The third-order valence-corrected chi connectivity index (χ3v) is 6.46. The number of amides is 3.